The summed E-state index contributed by atoms with van der Waals surface area (Å²) in [6.07, 6.45) is 4.77. The summed E-state index contributed by atoms with van der Waals surface area (Å²) in [5.41, 5.74) is 0.489. The van der Waals surface area contributed by atoms with Gasteiger partial charge in [-0.3, -0.25) is 13.9 Å². The molecule has 1 fully saturated rings. The van der Waals surface area contributed by atoms with Gasteiger partial charge < -0.3 is 10.2 Å². The molecule has 2 aromatic carbocycles. The molecule has 1 N–H and O–H groups in total. The van der Waals surface area contributed by atoms with Crippen molar-refractivity contribution < 1.29 is 22.4 Å². The van der Waals surface area contributed by atoms with E-state index in [4.69, 9.17) is 11.6 Å². The second-order valence-electron chi connectivity index (χ2n) is 8.54. The first-order valence-electron chi connectivity index (χ1n) is 11.1. The van der Waals surface area contributed by atoms with Crippen molar-refractivity contribution in [1.29, 1.82) is 0 Å². The van der Waals surface area contributed by atoms with Crippen molar-refractivity contribution in [3.8, 4) is 0 Å². The summed E-state index contributed by atoms with van der Waals surface area (Å²) < 4.78 is 40.1. The van der Waals surface area contributed by atoms with E-state index in [2.05, 4.69) is 5.32 Å². The van der Waals surface area contributed by atoms with E-state index in [1.54, 1.807) is 31.2 Å². The first kappa shape index (κ1) is 26.0. The minimum absolute atomic E-state index is 0.0597. The molecule has 1 aliphatic rings. The SMILES string of the molecule is C[C@@H](C(=O)NC1CCCC1)N(Cc1ccc(Cl)cc1)C(=O)CN(c1ccccc1F)S(C)(=O)=O. The van der Waals surface area contributed by atoms with Crippen LogP contribution < -0.4 is 9.62 Å². The third kappa shape index (κ3) is 6.70. The predicted octanol–water partition coefficient (Wildman–Crippen LogP) is 3.72. The zero-order valence-corrected chi connectivity index (χ0v) is 20.8. The predicted molar refractivity (Wildman–Crippen MR) is 130 cm³/mol. The first-order valence-corrected chi connectivity index (χ1v) is 13.4. The number of hydrogen-bond acceptors (Lipinski definition) is 4. The van der Waals surface area contributed by atoms with Crippen LogP contribution in [0.5, 0.6) is 0 Å². The van der Waals surface area contributed by atoms with Crippen LogP contribution in [0.15, 0.2) is 48.5 Å². The summed E-state index contributed by atoms with van der Waals surface area (Å²) in [7, 11) is -3.98. The number of halogens is 2. The summed E-state index contributed by atoms with van der Waals surface area (Å²) in [4.78, 5) is 27.7. The van der Waals surface area contributed by atoms with Crippen LogP contribution in [0.25, 0.3) is 0 Å². The zero-order valence-electron chi connectivity index (χ0n) is 19.2. The highest BCUT2D eigenvalue weighted by atomic mass is 35.5. The van der Waals surface area contributed by atoms with Gasteiger partial charge in [-0.15, -0.1) is 0 Å². The Bertz CT molecular complexity index is 1120. The molecular weight excluding hydrogens is 481 g/mol. The fourth-order valence-electron chi connectivity index (χ4n) is 4.01. The van der Waals surface area contributed by atoms with Crippen LogP contribution in [-0.2, 0) is 26.2 Å². The second kappa shape index (κ2) is 11.2. The smallest absolute Gasteiger partial charge is 0.244 e. The first-order chi connectivity index (χ1) is 16.1. The van der Waals surface area contributed by atoms with Gasteiger partial charge in [-0.05, 0) is 49.6 Å². The van der Waals surface area contributed by atoms with Gasteiger partial charge in [0.05, 0.1) is 11.9 Å². The molecule has 1 saturated carbocycles. The Balaban J connectivity index is 1.88. The number of amides is 2. The molecule has 3 rings (SSSR count). The lowest BCUT2D eigenvalue weighted by Crippen LogP contribution is -2.52. The number of hydrogen-bond donors (Lipinski definition) is 1. The van der Waals surface area contributed by atoms with Crippen molar-refractivity contribution in [1.82, 2.24) is 10.2 Å². The maximum Gasteiger partial charge on any atom is 0.244 e. The van der Waals surface area contributed by atoms with E-state index in [1.165, 1.54) is 23.1 Å². The summed E-state index contributed by atoms with van der Waals surface area (Å²) in [6.45, 7) is 1.02. The highest BCUT2D eigenvalue weighted by Crippen LogP contribution is 2.23. The molecule has 0 bridgehead atoms. The quantitative estimate of drug-likeness (QED) is 0.558. The van der Waals surface area contributed by atoms with E-state index in [1.807, 2.05) is 0 Å². The molecule has 0 saturated heterocycles. The lowest BCUT2D eigenvalue weighted by atomic mass is 10.1. The maximum absolute atomic E-state index is 14.4. The zero-order chi connectivity index (χ0) is 24.9. The average molecular weight is 510 g/mol. The molecule has 2 aromatic rings. The van der Waals surface area contributed by atoms with Crippen molar-refractivity contribution >= 4 is 39.1 Å². The highest BCUT2D eigenvalue weighted by molar-refractivity contribution is 7.92. The summed E-state index contributed by atoms with van der Waals surface area (Å²) >= 11 is 5.97. The molecule has 2 amide bonds. The van der Waals surface area contributed by atoms with Crippen LogP contribution in [0.2, 0.25) is 5.02 Å². The minimum Gasteiger partial charge on any atom is -0.352 e. The van der Waals surface area contributed by atoms with E-state index < -0.39 is 34.3 Å². The lowest BCUT2D eigenvalue weighted by molar-refractivity contribution is -0.139. The number of benzene rings is 2. The molecule has 10 heteroatoms. The van der Waals surface area contributed by atoms with Crippen molar-refractivity contribution in [2.75, 3.05) is 17.1 Å². The standard InChI is InChI=1S/C24H29ClFN3O4S/c1-17(24(31)27-20-7-3-4-8-20)28(15-18-11-13-19(25)14-12-18)23(30)16-29(34(2,32)33)22-10-6-5-9-21(22)26/h5-6,9-14,17,20H,3-4,7-8,15-16H2,1-2H3,(H,27,31)/t17-/m0/s1. The van der Waals surface area contributed by atoms with Gasteiger partial charge in [-0.2, -0.15) is 0 Å². The molecule has 0 aliphatic heterocycles. The molecule has 184 valence electrons. The molecule has 1 atom stereocenters. The van der Waals surface area contributed by atoms with Crippen LogP contribution >= 0.6 is 11.6 Å². The van der Waals surface area contributed by atoms with Crippen LogP contribution in [0.4, 0.5) is 10.1 Å². The molecule has 0 spiro atoms. The number of anilines is 1. The fraction of sp³-hybridized carbons (Fsp3) is 0.417. The van der Waals surface area contributed by atoms with Gasteiger partial charge >= 0.3 is 0 Å². The molecular formula is C24H29ClFN3O4S. The summed E-state index contributed by atoms with van der Waals surface area (Å²) in [5.74, 6) is -1.71. The minimum atomic E-state index is -3.98. The third-order valence-corrected chi connectivity index (χ3v) is 7.31. The van der Waals surface area contributed by atoms with Gasteiger partial charge in [-0.1, -0.05) is 48.7 Å². The number of sulfonamides is 1. The normalized spacial score (nSPS) is 15.1. The van der Waals surface area contributed by atoms with Gasteiger partial charge in [0, 0.05) is 17.6 Å². The van der Waals surface area contributed by atoms with E-state index in [9.17, 15) is 22.4 Å². The number of carbonyl (C=O) groups excluding carboxylic acids is 2. The van der Waals surface area contributed by atoms with E-state index >= 15 is 0 Å². The average Bonchev–Trinajstić information content (AvgIpc) is 3.29. The molecule has 7 nitrogen and oxygen atoms in total. The third-order valence-electron chi connectivity index (χ3n) is 5.94. The van der Waals surface area contributed by atoms with Crippen molar-refractivity contribution in [2.24, 2.45) is 0 Å². The van der Waals surface area contributed by atoms with Gasteiger partial charge in [-0.25, -0.2) is 12.8 Å². The van der Waals surface area contributed by atoms with Crippen LogP contribution in [-0.4, -0.2) is 50.0 Å². The number of rotatable bonds is 9. The Morgan fingerprint density at radius 2 is 1.74 bits per heavy atom. The largest absolute Gasteiger partial charge is 0.352 e. The van der Waals surface area contributed by atoms with E-state index in [0.29, 0.717) is 5.02 Å². The number of nitrogens with one attached hydrogen (secondary N) is 1. The lowest BCUT2D eigenvalue weighted by Gasteiger charge is -2.32. The number of para-hydroxylation sites is 1. The van der Waals surface area contributed by atoms with Crippen molar-refractivity contribution in [3.05, 3.63) is 64.9 Å². The molecule has 0 heterocycles. The van der Waals surface area contributed by atoms with Gasteiger partial charge in [0.15, 0.2) is 0 Å². The molecule has 0 radical (unpaired) electrons. The summed E-state index contributed by atoms with van der Waals surface area (Å²) in [6, 6.07) is 11.3. The topological polar surface area (TPSA) is 86.8 Å². The van der Waals surface area contributed by atoms with Crippen LogP contribution in [0, 0.1) is 5.82 Å². The Morgan fingerprint density at radius 1 is 1.12 bits per heavy atom. The van der Waals surface area contributed by atoms with E-state index in [0.717, 1.165) is 47.9 Å². The Morgan fingerprint density at radius 3 is 2.32 bits per heavy atom. The maximum atomic E-state index is 14.4. The molecule has 1 aliphatic carbocycles. The monoisotopic (exact) mass is 509 g/mol. The molecule has 0 unspecified atom stereocenters. The Hall–Kier alpha value is -2.65. The van der Waals surface area contributed by atoms with Crippen molar-refractivity contribution in [3.63, 3.8) is 0 Å². The van der Waals surface area contributed by atoms with Gasteiger partial charge in [0.2, 0.25) is 21.8 Å². The second-order valence-corrected chi connectivity index (χ2v) is 10.9. The highest BCUT2D eigenvalue weighted by Gasteiger charge is 2.32. The fourth-order valence-corrected chi connectivity index (χ4v) is 4.99. The molecule has 0 aromatic heterocycles. The Kier molecular flexibility index (Phi) is 8.54. The number of carbonyl (C=O) groups is 2. The van der Waals surface area contributed by atoms with E-state index in [-0.39, 0.29) is 24.2 Å². The van der Waals surface area contributed by atoms with Crippen LogP contribution in [0.1, 0.15) is 38.2 Å². The van der Waals surface area contributed by atoms with Gasteiger partial charge in [0.25, 0.3) is 0 Å². The van der Waals surface area contributed by atoms with Crippen molar-refractivity contribution in [2.45, 2.75) is 51.2 Å². The van der Waals surface area contributed by atoms with Crippen LogP contribution in [0.3, 0.4) is 0 Å². The number of nitrogens with zero attached hydrogens (tertiary/aromatic N) is 2. The summed E-state index contributed by atoms with van der Waals surface area (Å²) in [5, 5.41) is 3.51. The van der Waals surface area contributed by atoms with Gasteiger partial charge in [0.1, 0.15) is 18.4 Å². The Labute approximate surface area is 204 Å². The molecule has 34 heavy (non-hydrogen) atoms.